The number of nitrogen functional groups attached to an aromatic ring is 1. The zero-order valence-electron chi connectivity index (χ0n) is 12.1. The van der Waals surface area contributed by atoms with E-state index in [-0.39, 0.29) is 0 Å². The SMILES string of the molecule is Nc1[nH]ccc1-c1cc(-c2ccccc2)cc2ccccc12. The third kappa shape index (κ3) is 2.06. The molecule has 2 heteroatoms. The first-order valence-electron chi connectivity index (χ1n) is 7.34. The molecule has 106 valence electrons. The van der Waals surface area contributed by atoms with E-state index in [2.05, 4.69) is 65.6 Å². The van der Waals surface area contributed by atoms with Crippen molar-refractivity contribution in [2.75, 3.05) is 5.73 Å². The smallest absolute Gasteiger partial charge is 0.108 e. The third-order valence-corrected chi connectivity index (χ3v) is 4.04. The van der Waals surface area contributed by atoms with E-state index < -0.39 is 0 Å². The van der Waals surface area contributed by atoms with Crippen LogP contribution in [0.5, 0.6) is 0 Å². The summed E-state index contributed by atoms with van der Waals surface area (Å²) in [5, 5.41) is 2.44. The standard InChI is InChI=1S/C20H16N2/c21-20-18(10-11-22-20)19-13-16(14-6-2-1-3-7-14)12-15-8-4-5-9-17(15)19/h1-13,22H,21H2. The number of aromatic amines is 1. The normalized spacial score (nSPS) is 10.9. The molecule has 0 unspecified atom stereocenters. The van der Waals surface area contributed by atoms with Crippen LogP contribution in [0, 0.1) is 0 Å². The summed E-state index contributed by atoms with van der Waals surface area (Å²) in [6.45, 7) is 0. The highest BCUT2D eigenvalue weighted by Gasteiger charge is 2.10. The quantitative estimate of drug-likeness (QED) is 0.529. The molecule has 0 atom stereocenters. The van der Waals surface area contributed by atoms with E-state index in [0.29, 0.717) is 5.82 Å². The summed E-state index contributed by atoms with van der Waals surface area (Å²) in [7, 11) is 0. The lowest BCUT2D eigenvalue weighted by Gasteiger charge is -2.11. The Balaban J connectivity index is 2.04. The Kier molecular flexibility index (Phi) is 2.94. The van der Waals surface area contributed by atoms with Gasteiger partial charge >= 0.3 is 0 Å². The molecular formula is C20H16N2. The van der Waals surface area contributed by atoms with E-state index in [1.165, 1.54) is 21.9 Å². The topological polar surface area (TPSA) is 41.8 Å². The van der Waals surface area contributed by atoms with Gasteiger partial charge in [0.15, 0.2) is 0 Å². The number of anilines is 1. The van der Waals surface area contributed by atoms with Gasteiger partial charge < -0.3 is 10.7 Å². The summed E-state index contributed by atoms with van der Waals surface area (Å²) in [4.78, 5) is 3.07. The molecule has 0 fully saturated rings. The highest BCUT2D eigenvalue weighted by molar-refractivity contribution is 6.01. The molecule has 0 radical (unpaired) electrons. The number of benzene rings is 3. The highest BCUT2D eigenvalue weighted by Crippen LogP contribution is 2.36. The summed E-state index contributed by atoms with van der Waals surface area (Å²) < 4.78 is 0. The van der Waals surface area contributed by atoms with Crippen molar-refractivity contribution < 1.29 is 0 Å². The number of hydrogen-bond acceptors (Lipinski definition) is 1. The Morgan fingerprint density at radius 3 is 2.23 bits per heavy atom. The lowest BCUT2D eigenvalue weighted by molar-refractivity contribution is 1.42. The molecule has 0 saturated heterocycles. The van der Waals surface area contributed by atoms with Crippen molar-refractivity contribution in [1.82, 2.24) is 4.98 Å². The van der Waals surface area contributed by atoms with Crippen molar-refractivity contribution in [3.05, 3.63) is 79.0 Å². The molecule has 3 N–H and O–H groups in total. The van der Waals surface area contributed by atoms with Crippen LogP contribution in [0.1, 0.15) is 0 Å². The van der Waals surface area contributed by atoms with Gasteiger partial charge in [-0.15, -0.1) is 0 Å². The number of rotatable bonds is 2. The van der Waals surface area contributed by atoms with E-state index in [1.54, 1.807) is 0 Å². The molecular weight excluding hydrogens is 268 g/mol. The summed E-state index contributed by atoms with van der Waals surface area (Å²) in [5.74, 6) is 0.704. The van der Waals surface area contributed by atoms with Crippen molar-refractivity contribution in [3.63, 3.8) is 0 Å². The molecule has 4 rings (SSSR count). The number of hydrogen-bond donors (Lipinski definition) is 2. The predicted molar refractivity (Wildman–Crippen MR) is 93.6 cm³/mol. The van der Waals surface area contributed by atoms with Gasteiger partial charge in [0, 0.05) is 11.8 Å². The average molecular weight is 284 g/mol. The summed E-state index contributed by atoms with van der Waals surface area (Å²) in [6.07, 6.45) is 1.88. The average Bonchev–Trinajstić information content (AvgIpc) is 3.00. The minimum absolute atomic E-state index is 0.704. The molecule has 0 bridgehead atoms. The van der Waals surface area contributed by atoms with Crippen molar-refractivity contribution in [2.24, 2.45) is 0 Å². The second kappa shape index (κ2) is 5.08. The molecule has 22 heavy (non-hydrogen) atoms. The third-order valence-electron chi connectivity index (χ3n) is 4.04. The maximum atomic E-state index is 6.10. The second-order valence-corrected chi connectivity index (χ2v) is 5.42. The van der Waals surface area contributed by atoms with Crippen LogP contribution in [-0.4, -0.2) is 4.98 Å². The monoisotopic (exact) mass is 284 g/mol. The van der Waals surface area contributed by atoms with Gasteiger partial charge in [-0.1, -0.05) is 54.6 Å². The van der Waals surface area contributed by atoms with Gasteiger partial charge in [-0.25, -0.2) is 0 Å². The molecule has 0 aliphatic carbocycles. The van der Waals surface area contributed by atoms with Crippen LogP contribution in [0.2, 0.25) is 0 Å². The largest absolute Gasteiger partial charge is 0.385 e. The highest BCUT2D eigenvalue weighted by atomic mass is 14.8. The van der Waals surface area contributed by atoms with Crippen molar-refractivity contribution in [2.45, 2.75) is 0 Å². The first kappa shape index (κ1) is 12.7. The van der Waals surface area contributed by atoms with Crippen LogP contribution in [0.4, 0.5) is 5.82 Å². The van der Waals surface area contributed by atoms with Crippen molar-refractivity contribution in [3.8, 4) is 22.3 Å². The molecule has 4 aromatic rings. The minimum Gasteiger partial charge on any atom is -0.385 e. The zero-order chi connectivity index (χ0) is 14.9. The fourth-order valence-corrected chi connectivity index (χ4v) is 2.95. The molecule has 0 aliphatic rings. The lowest BCUT2D eigenvalue weighted by atomic mass is 9.94. The molecule has 0 spiro atoms. The molecule has 1 aromatic heterocycles. The van der Waals surface area contributed by atoms with Crippen LogP contribution < -0.4 is 5.73 Å². The molecule has 1 heterocycles. The molecule has 2 nitrogen and oxygen atoms in total. The Morgan fingerprint density at radius 2 is 1.45 bits per heavy atom. The number of nitrogens with two attached hydrogens (primary N) is 1. The molecule has 0 amide bonds. The summed E-state index contributed by atoms with van der Waals surface area (Å²) in [6, 6.07) is 25.3. The van der Waals surface area contributed by atoms with Gasteiger partial charge in [0.1, 0.15) is 5.82 Å². The van der Waals surface area contributed by atoms with Gasteiger partial charge in [0.25, 0.3) is 0 Å². The molecule has 0 aliphatic heterocycles. The number of H-pyrrole nitrogens is 1. The van der Waals surface area contributed by atoms with Crippen molar-refractivity contribution in [1.29, 1.82) is 0 Å². The van der Waals surface area contributed by atoms with Crippen LogP contribution in [0.25, 0.3) is 33.0 Å². The van der Waals surface area contributed by atoms with Gasteiger partial charge in [0.05, 0.1) is 0 Å². The van der Waals surface area contributed by atoms with Crippen LogP contribution >= 0.6 is 0 Å². The zero-order valence-corrected chi connectivity index (χ0v) is 12.1. The van der Waals surface area contributed by atoms with Gasteiger partial charge in [0.2, 0.25) is 0 Å². The van der Waals surface area contributed by atoms with Crippen LogP contribution in [0.3, 0.4) is 0 Å². The number of aromatic nitrogens is 1. The summed E-state index contributed by atoms with van der Waals surface area (Å²) in [5.41, 5.74) is 10.7. The van der Waals surface area contributed by atoms with Crippen LogP contribution in [-0.2, 0) is 0 Å². The van der Waals surface area contributed by atoms with E-state index in [1.807, 2.05) is 18.3 Å². The molecule has 0 saturated carbocycles. The Morgan fingerprint density at radius 1 is 0.682 bits per heavy atom. The van der Waals surface area contributed by atoms with Gasteiger partial charge in [-0.2, -0.15) is 0 Å². The fraction of sp³-hybridized carbons (Fsp3) is 0. The number of fused-ring (bicyclic) bond motifs is 1. The second-order valence-electron chi connectivity index (χ2n) is 5.42. The molecule has 3 aromatic carbocycles. The maximum Gasteiger partial charge on any atom is 0.108 e. The maximum absolute atomic E-state index is 6.10. The number of nitrogens with one attached hydrogen (secondary N) is 1. The first-order chi connectivity index (χ1) is 10.8. The Labute approximate surface area is 129 Å². The van der Waals surface area contributed by atoms with Gasteiger partial charge in [-0.3, -0.25) is 0 Å². The van der Waals surface area contributed by atoms with E-state index in [9.17, 15) is 0 Å². The van der Waals surface area contributed by atoms with E-state index >= 15 is 0 Å². The van der Waals surface area contributed by atoms with E-state index in [4.69, 9.17) is 5.73 Å². The van der Waals surface area contributed by atoms with Gasteiger partial charge in [-0.05, 0) is 45.7 Å². The predicted octanol–water partition coefficient (Wildman–Crippen LogP) is 5.08. The van der Waals surface area contributed by atoms with Crippen molar-refractivity contribution >= 4 is 16.6 Å². The fourth-order valence-electron chi connectivity index (χ4n) is 2.95. The Hall–Kier alpha value is -3.00. The van der Waals surface area contributed by atoms with Crippen LogP contribution in [0.15, 0.2) is 79.0 Å². The van der Waals surface area contributed by atoms with E-state index in [0.717, 1.165) is 11.1 Å². The first-order valence-corrected chi connectivity index (χ1v) is 7.34. The summed E-state index contributed by atoms with van der Waals surface area (Å²) >= 11 is 0. The lowest BCUT2D eigenvalue weighted by Crippen LogP contribution is -1.89. The Bertz CT molecular complexity index is 936. The minimum atomic E-state index is 0.704.